The van der Waals surface area contributed by atoms with E-state index in [-0.39, 0.29) is 17.9 Å². The number of carbonyl (C=O) groups excluding carboxylic acids is 3. The van der Waals surface area contributed by atoms with Gasteiger partial charge in [0.2, 0.25) is 5.91 Å². The van der Waals surface area contributed by atoms with Crippen LogP contribution in [0.1, 0.15) is 15.9 Å². The molecule has 142 valence electrons. The van der Waals surface area contributed by atoms with Crippen LogP contribution in [0.2, 0.25) is 0 Å². The Bertz CT molecular complexity index is 777. The maximum atomic E-state index is 12.3. The number of para-hydroxylation sites is 1. The molecule has 2 aromatic carbocycles. The first-order valence-electron chi connectivity index (χ1n) is 8.45. The van der Waals surface area contributed by atoms with Crippen molar-refractivity contribution in [2.75, 3.05) is 32.2 Å². The van der Waals surface area contributed by atoms with Gasteiger partial charge in [0.05, 0.1) is 24.3 Å². The molecule has 0 atom stereocenters. The average molecular weight is 370 g/mol. The first kappa shape index (κ1) is 20.1. The van der Waals surface area contributed by atoms with Crippen molar-refractivity contribution in [3.8, 4) is 0 Å². The van der Waals surface area contributed by atoms with Crippen molar-refractivity contribution in [1.29, 1.82) is 0 Å². The molecule has 0 bridgehead atoms. The van der Waals surface area contributed by atoms with Crippen molar-refractivity contribution in [3.63, 3.8) is 0 Å². The minimum atomic E-state index is -0.687. The number of hydrogen-bond donors (Lipinski definition) is 2. The normalized spacial score (nSPS) is 10.1. The van der Waals surface area contributed by atoms with Crippen molar-refractivity contribution in [1.82, 2.24) is 5.32 Å². The highest BCUT2D eigenvalue weighted by molar-refractivity contribution is 6.02. The van der Waals surface area contributed by atoms with Crippen LogP contribution in [-0.2, 0) is 25.5 Å². The summed E-state index contributed by atoms with van der Waals surface area (Å²) in [5, 5.41) is 5.27. The molecule has 0 radical (unpaired) electrons. The maximum absolute atomic E-state index is 12.3. The number of esters is 1. The Kier molecular flexibility index (Phi) is 7.99. The highest BCUT2D eigenvalue weighted by atomic mass is 16.5. The fraction of sp³-hybridized carbons (Fsp3) is 0.250. The van der Waals surface area contributed by atoms with E-state index in [2.05, 4.69) is 10.6 Å². The Labute approximate surface area is 157 Å². The lowest BCUT2D eigenvalue weighted by molar-refractivity contribution is -0.124. The molecule has 7 heteroatoms. The summed E-state index contributed by atoms with van der Waals surface area (Å²) >= 11 is 0. The summed E-state index contributed by atoms with van der Waals surface area (Å²) in [7, 11) is 1.52. The molecule has 2 aromatic rings. The van der Waals surface area contributed by atoms with Crippen LogP contribution >= 0.6 is 0 Å². The lowest BCUT2D eigenvalue weighted by atomic mass is 10.1. The van der Waals surface area contributed by atoms with E-state index in [1.807, 2.05) is 30.3 Å². The fourth-order valence-electron chi connectivity index (χ4n) is 2.30. The lowest BCUT2D eigenvalue weighted by Gasteiger charge is -2.11. The van der Waals surface area contributed by atoms with Crippen molar-refractivity contribution in [3.05, 3.63) is 65.7 Å². The number of ether oxygens (including phenoxy) is 2. The monoisotopic (exact) mass is 370 g/mol. The summed E-state index contributed by atoms with van der Waals surface area (Å²) in [6, 6.07) is 15.8. The first-order chi connectivity index (χ1) is 13.1. The maximum Gasteiger partial charge on any atom is 0.340 e. The third kappa shape index (κ3) is 6.91. The van der Waals surface area contributed by atoms with E-state index < -0.39 is 18.5 Å². The number of anilines is 1. The molecular weight excluding hydrogens is 348 g/mol. The summed E-state index contributed by atoms with van der Waals surface area (Å²) < 4.78 is 9.84. The molecule has 0 saturated carbocycles. The average Bonchev–Trinajstić information content (AvgIpc) is 2.67. The van der Waals surface area contributed by atoms with E-state index in [0.717, 1.165) is 5.56 Å². The van der Waals surface area contributed by atoms with Gasteiger partial charge in [0, 0.05) is 13.7 Å². The van der Waals surface area contributed by atoms with Crippen LogP contribution in [0.25, 0.3) is 0 Å². The molecule has 0 unspecified atom stereocenters. The van der Waals surface area contributed by atoms with E-state index in [1.54, 1.807) is 18.2 Å². The second kappa shape index (κ2) is 10.7. The molecular formula is C20H22N2O5. The molecule has 0 heterocycles. The fourth-order valence-corrected chi connectivity index (χ4v) is 2.30. The van der Waals surface area contributed by atoms with Gasteiger partial charge in [-0.05, 0) is 17.7 Å². The molecule has 7 nitrogen and oxygen atoms in total. The number of methoxy groups -OCH3 is 1. The Hall–Kier alpha value is -3.19. The predicted molar refractivity (Wildman–Crippen MR) is 100 cm³/mol. The molecule has 0 aliphatic heterocycles. The molecule has 0 aromatic heterocycles. The van der Waals surface area contributed by atoms with E-state index in [1.165, 1.54) is 13.2 Å². The quantitative estimate of drug-likeness (QED) is 0.518. The Balaban J connectivity index is 1.93. The van der Waals surface area contributed by atoms with Crippen LogP contribution in [0.15, 0.2) is 54.6 Å². The molecule has 0 aliphatic rings. The number of rotatable bonds is 9. The third-order valence-electron chi connectivity index (χ3n) is 3.59. The zero-order chi connectivity index (χ0) is 19.5. The largest absolute Gasteiger partial charge is 0.452 e. The summed E-state index contributed by atoms with van der Waals surface area (Å²) in [6.07, 6.45) is 0.187. The zero-order valence-corrected chi connectivity index (χ0v) is 15.1. The van der Waals surface area contributed by atoms with Gasteiger partial charge in [0.1, 0.15) is 0 Å². The molecule has 2 N–H and O–H groups in total. The van der Waals surface area contributed by atoms with Gasteiger partial charge in [-0.15, -0.1) is 0 Å². The molecule has 2 amide bonds. The highest BCUT2D eigenvalue weighted by Gasteiger charge is 2.16. The van der Waals surface area contributed by atoms with Gasteiger partial charge < -0.3 is 20.1 Å². The molecule has 0 spiro atoms. The molecule has 0 aliphatic carbocycles. The Morgan fingerprint density at radius 2 is 1.63 bits per heavy atom. The summed E-state index contributed by atoms with van der Waals surface area (Å²) in [6.45, 7) is 0.295. The van der Waals surface area contributed by atoms with Gasteiger partial charge in [-0.2, -0.15) is 0 Å². The second-order valence-corrected chi connectivity index (χ2v) is 5.68. The smallest absolute Gasteiger partial charge is 0.340 e. The Morgan fingerprint density at radius 3 is 2.37 bits per heavy atom. The zero-order valence-electron chi connectivity index (χ0n) is 15.1. The minimum absolute atomic E-state index is 0.184. The van der Waals surface area contributed by atoms with Gasteiger partial charge >= 0.3 is 5.97 Å². The number of benzene rings is 2. The van der Waals surface area contributed by atoms with Crippen LogP contribution < -0.4 is 10.6 Å². The number of amides is 2. The third-order valence-corrected chi connectivity index (χ3v) is 3.59. The van der Waals surface area contributed by atoms with Gasteiger partial charge in [-0.3, -0.25) is 9.59 Å². The standard InChI is InChI=1S/C20H22N2O5/c1-26-12-11-21-19(24)14-27-20(25)16-9-5-6-10-17(16)22-18(23)13-15-7-3-2-4-8-15/h2-10H,11-14H2,1H3,(H,21,24)(H,22,23). The van der Waals surface area contributed by atoms with Crippen LogP contribution in [0.4, 0.5) is 5.69 Å². The van der Waals surface area contributed by atoms with Crippen LogP contribution in [0, 0.1) is 0 Å². The molecule has 0 saturated heterocycles. The second-order valence-electron chi connectivity index (χ2n) is 5.68. The van der Waals surface area contributed by atoms with Crippen LogP contribution in [-0.4, -0.2) is 44.7 Å². The van der Waals surface area contributed by atoms with E-state index in [0.29, 0.717) is 18.8 Å². The van der Waals surface area contributed by atoms with Crippen LogP contribution in [0.5, 0.6) is 0 Å². The highest BCUT2D eigenvalue weighted by Crippen LogP contribution is 2.16. The topological polar surface area (TPSA) is 93.7 Å². The summed E-state index contributed by atoms with van der Waals surface area (Å²) in [5.41, 5.74) is 1.38. The van der Waals surface area contributed by atoms with Crippen molar-refractivity contribution < 1.29 is 23.9 Å². The van der Waals surface area contributed by atoms with E-state index >= 15 is 0 Å². The van der Waals surface area contributed by atoms with Gasteiger partial charge in [0.15, 0.2) is 6.61 Å². The van der Waals surface area contributed by atoms with Crippen molar-refractivity contribution in [2.24, 2.45) is 0 Å². The van der Waals surface area contributed by atoms with Crippen molar-refractivity contribution >= 4 is 23.5 Å². The van der Waals surface area contributed by atoms with E-state index in [4.69, 9.17) is 9.47 Å². The molecule has 0 fully saturated rings. The lowest BCUT2D eigenvalue weighted by Crippen LogP contribution is -2.31. The van der Waals surface area contributed by atoms with Gasteiger partial charge in [0.25, 0.3) is 5.91 Å². The van der Waals surface area contributed by atoms with Crippen LogP contribution in [0.3, 0.4) is 0 Å². The SMILES string of the molecule is COCCNC(=O)COC(=O)c1ccccc1NC(=O)Cc1ccccc1. The Morgan fingerprint density at radius 1 is 0.926 bits per heavy atom. The molecule has 27 heavy (non-hydrogen) atoms. The van der Waals surface area contributed by atoms with Gasteiger partial charge in [-0.1, -0.05) is 42.5 Å². The minimum Gasteiger partial charge on any atom is -0.452 e. The van der Waals surface area contributed by atoms with Gasteiger partial charge in [-0.25, -0.2) is 4.79 Å². The first-order valence-corrected chi connectivity index (χ1v) is 8.45. The number of nitrogens with one attached hydrogen (secondary N) is 2. The molecule has 2 rings (SSSR count). The summed E-state index contributed by atoms with van der Waals surface area (Å²) in [5.74, 6) is -1.36. The van der Waals surface area contributed by atoms with Crippen molar-refractivity contribution in [2.45, 2.75) is 6.42 Å². The number of hydrogen-bond acceptors (Lipinski definition) is 5. The number of carbonyl (C=O) groups is 3. The van der Waals surface area contributed by atoms with E-state index in [9.17, 15) is 14.4 Å². The predicted octanol–water partition coefficient (Wildman–Crippen LogP) is 1.79. The summed E-state index contributed by atoms with van der Waals surface area (Å²) in [4.78, 5) is 36.1.